The Morgan fingerprint density at radius 2 is 2.20 bits per heavy atom. The molecule has 2 aromatic rings. The first-order valence-electron chi connectivity index (χ1n) is 4.54. The summed E-state index contributed by atoms with van der Waals surface area (Å²) in [6.07, 6.45) is 0. The topological polar surface area (TPSA) is 12.9 Å². The maximum absolute atomic E-state index is 4.44. The molecule has 0 spiro atoms. The van der Waals surface area contributed by atoms with Crippen LogP contribution in [0.3, 0.4) is 0 Å². The van der Waals surface area contributed by atoms with Crippen molar-refractivity contribution in [2.75, 3.05) is 0 Å². The van der Waals surface area contributed by atoms with Crippen LogP contribution in [0.15, 0.2) is 39.0 Å². The molecule has 0 radical (unpaired) electrons. The van der Waals surface area contributed by atoms with Crippen LogP contribution in [0, 0.1) is 6.92 Å². The van der Waals surface area contributed by atoms with Crippen LogP contribution in [0.4, 0.5) is 0 Å². The minimum Gasteiger partial charge on any atom is -0.246 e. The minimum absolute atomic E-state index is 0.937. The fraction of sp³-hybridized carbons (Fsp3) is 0.182. The zero-order valence-corrected chi connectivity index (χ0v) is 11.5. The summed E-state index contributed by atoms with van der Waals surface area (Å²) in [5.74, 6) is 0.937. The Bertz CT molecular complexity index is 453. The van der Waals surface area contributed by atoms with Gasteiger partial charge in [0.1, 0.15) is 0 Å². The number of halogens is 1. The summed E-state index contributed by atoms with van der Waals surface area (Å²) in [6.45, 7) is 2.04. The van der Waals surface area contributed by atoms with Crippen molar-refractivity contribution in [3.8, 4) is 0 Å². The van der Waals surface area contributed by atoms with E-state index in [0.717, 1.165) is 15.2 Å². The molecule has 0 aliphatic heterocycles. The zero-order valence-electron chi connectivity index (χ0n) is 8.24. The predicted octanol–water partition coefficient (Wildman–Crippen LogP) is 4.51. The molecule has 0 saturated carbocycles. The Hall–Kier alpha value is -0.320. The molecule has 4 heteroatoms. The molecule has 78 valence electrons. The Labute approximate surface area is 106 Å². The number of benzene rings is 1. The van der Waals surface area contributed by atoms with E-state index in [2.05, 4.69) is 44.5 Å². The molecule has 15 heavy (non-hydrogen) atoms. The van der Waals surface area contributed by atoms with Gasteiger partial charge in [0, 0.05) is 20.5 Å². The van der Waals surface area contributed by atoms with Gasteiger partial charge in [0.2, 0.25) is 0 Å². The molecule has 1 heterocycles. The van der Waals surface area contributed by atoms with Crippen LogP contribution < -0.4 is 0 Å². The van der Waals surface area contributed by atoms with Gasteiger partial charge in [0.25, 0.3) is 0 Å². The Morgan fingerprint density at radius 1 is 1.40 bits per heavy atom. The van der Waals surface area contributed by atoms with Gasteiger partial charge in [-0.2, -0.15) is 0 Å². The Balaban J connectivity index is 2.02. The molecule has 2 rings (SSSR count). The lowest BCUT2D eigenvalue weighted by Crippen LogP contribution is -1.81. The largest absolute Gasteiger partial charge is 0.246 e. The monoisotopic (exact) mass is 299 g/mol. The minimum atomic E-state index is 0.937. The first-order valence-corrected chi connectivity index (χ1v) is 7.20. The van der Waals surface area contributed by atoms with Gasteiger partial charge in [-0.25, -0.2) is 4.98 Å². The van der Waals surface area contributed by atoms with Crippen LogP contribution in [-0.4, -0.2) is 4.98 Å². The Morgan fingerprint density at radius 3 is 2.87 bits per heavy atom. The summed E-state index contributed by atoms with van der Waals surface area (Å²) < 4.78 is 1.15. The third-order valence-corrected chi connectivity index (χ3v) is 4.76. The van der Waals surface area contributed by atoms with Gasteiger partial charge in [-0.1, -0.05) is 12.1 Å². The van der Waals surface area contributed by atoms with Gasteiger partial charge in [-0.3, -0.25) is 0 Å². The second-order valence-corrected chi connectivity index (χ2v) is 6.01. The quantitative estimate of drug-likeness (QED) is 0.774. The molecule has 0 saturated heterocycles. The van der Waals surface area contributed by atoms with E-state index in [1.54, 1.807) is 11.3 Å². The normalized spacial score (nSPS) is 10.5. The summed E-state index contributed by atoms with van der Waals surface area (Å²) in [5, 5.41) is 3.26. The van der Waals surface area contributed by atoms with E-state index in [9.17, 15) is 0 Å². The standard InChI is InChI=1S/C11H10BrNS2/c1-8-13-9(6-14-8)7-15-11-5-3-2-4-10(11)12/h2-6H,7H2,1H3. The zero-order chi connectivity index (χ0) is 10.7. The van der Waals surface area contributed by atoms with Gasteiger partial charge < -0.3 is 0 Å². The molecule has 0 atom stereocenters. The molecule has 1 aromatic carbocycles. The van der Waals surface area contributed by atoms with Crippen LogP contribution in [0.1, 0.15) is 10.7 Å². The molecule has 0 unspecified atom stereocenters. The third kappa shape index (κ3) is 3.06. The van der Waals surface area contributed by atoms with E-state index < -0.39 is 0 Å². The highest BCUT2D eigenvalue weighted by Crippen LogP contribution is 2.29. The Kier molecular flexibility index (Phi) is 3.83. The highest BCUT2D eigenvalue weighted by atomic mass is 79.9. The van der Waals surface area contributed by atoms with Crippen molar-refractivity contribution in [2.45, 2.75) is 17.6 Å². The lowest BCUT2D eigenvalue weighted by molar-refractivity contribution is 1.18. The van der Waals surface area contributed by atoms with Crippen molar-refractivity contribution in [1.29, 1.82) is 0 Å². The second kappa shape index (κ2) is 5.14. The number of aromatic nitrogens is 1. The van der Waals surface area contributed by atoms with Crippen molar-refractivity contribution < 1.29 is 0 Å². The van der Waals surface area contributed by atoms with Gasteiger partial charge in [-0.15, -0.1) is 23.1 Å². The highest BCUT2D eigenvalue weighted by Gasteiger charge is 2.02. The number of hydrogen-bond donors (Lipinski definition) is 0. The number of thioether (sulfide) groups is 1. The highest BCUT2D eigenvalue weighted by molar-refractivity contribution is 9.10. The molecular formula is C11H10BrNS2. The van der Waals surface area contributed by atoms with Crippen molar-refractivity contribution >= 4 is 39.0 Å². The van der Waals surface area contributed by atoms with Crippen molar-refractivity contribution in [2.24, 2.45) is 0 Å². The predicted molar refractivity (Wildman–Crippen MR) is 70.6 cm³/mol. The fourth-order valence-corrected chi connectivity index (χ4v) is 3.37. The van der Waals surface area contributed by atoms with Crippen LogP contribution in [0.25, 0.3) is 0 Å². The third-order valence-electron chi connectivity index (χ3n) is 1.88. The summed E-state index contributed by atoms with van der Waals surface area (Å²) in [7, 11) is 0. The number of hydrogen-bond acceptors (Lipinski definition) is 3. The SMILES string of the molecule is Cc1nc(CSc2ccccc2Br)cs1. The van der Waals surface area contributed by atoms with E-state index in [0.29, 0.717) is 0 Å². The molecule has 0 N–H and O–H groups in total. The summed E-state index contributed by atoms with van der Waals surface area (Å²) >= 11 is 7.05. The fourth-order valence-electron chi connectivity index (χ4n) is 1.19. The maximum atomic E-state index is 4.44. The molecular weight excluding hydrogens is 290 g/mol. The summed E-state index contributed by atoms with van der Waals surface area (Å²) in [6, 6.07) is 8.27. The molecule has 0 fully saturated rings. The molecule has 1 aromatic heterocycles. The number of rotatable bonds is 3. The van der Waals surface area contributed by atoms with Crippen molar-refractivity contribution in [3.05, 3.63) is 44.8 Å². The maximum Gasteiger partial charge on any atom is 0.0897 e. The van der Waals surface area contributed by atoms with Crippen LogP contribution >= 0.6 is 39.0 Å². The van der Waals surface area contributed by atoms with Crippen molar-refractivity contribution in [3.63, 3.8) is 0 Å². The number of nitrogens with zero attached hydrogens (tertiary/aromatic N) is 1. The molecule has 0 aliphatic rings. The lowest BCUT2D eigenvalue weighted by atomic mass is 10.4. The first-order chi connectivity index (χ1) is 7.25. The van der Waals surface area contributed by atoms with E-state index in [1.165, 1.54) is 10.6 Å². The van der Waals surface area contributed by atoms with E-state index in [-0.39, 0.29) is 0 Å². The smallest absolute Gasteiger partial charge is 0.0897 e. The molecule has 0 aliphatic carbocycles. The second-order valence-electron chi connectivity index (χ2n) is 3.08. The van der Waals surface area contributed by atoms with E-state index in [4.69, 9.17) is 0 Å². The van der Waals surface area contributed by atoms with Crippen molar-refractivity contribution in [1.82, 2.24) is 4.98 Å². The first kappa shape index (κ1) is 11.2. The average molecular weight is 300 g/mol. The van der Waals surface area contributed by atoms with E-state index >= 15 is 0 Å². The van der Waals surface area contributed by atoms with E-state index in [1.807, 2.05) is 24.8 Å². The number of thiazole rings is 1. The lowest BCUT2D eigenvalue weighted by Gasteiger charge is -2.01. The molecule has 0 amide bonds. The molecule has 0 bridgehead atoms. The van der Waals surface area contributed by atoms with Gasteiger partial charge in [-0.05, 0) is 35.0 Å². The van der Waals surface area contributed by atoms with Gasteiger partial charge >= 0.3 is 0 Å². The molecule has 1 nitrogen and oxygen atoms in total. The summed E-state index contributed by atoms with van der Waals surface area (Å²) in [5.41, 5.74) is 1.17. The average Bonchev–Trinajstić information content (AvgIpc) is 2.63. The van der Waals surface area contributed by atoms with Gasteiger partial charge in [0.15, 0.2) is 0 Å². The summed E-state index contributed by atoms with van der Waals surface area (Å²) in [4.78, 5) is 5.70. The van der Waals surface area contributed by atoms with Crippen LogP contribution in [0.2, 0.25) is 0 Å². The number of aryl methyl sites for hydroxylation is 1. The van der Waals surface area contributed by atoms with Crippen LogP contribution in [0.5, 0.6) is 0 Å². The van der Waals surface area contributed by atoms with Crippen LogP contribution in [-0.2, 0) is 5.75 Å². The van der Waals surface area contributed by atoms with Gasteiger partial charge in [0.05, 0.1) is 10.7 Å².